The molecule has 4 heterocycles. The van der Waals surface area contributed by atoms with E-state index < -0.39 is 14.2 Å². The van der Waals surface area contributed by atoms with Gasteiger partial charge in [-0.3, -0.25) is 9.48 Å². The third-order valence-electron chi connectivity index (χ3n) is 8.07. The zero-order chi connectivity index (χ0) is 28.8. The Labute approximate surface area is 242 Å². The molecule has 2 N–H and O–H groups in total. The number of carbonyl (C=O) groups excluding carboxylic acids is 1. The molecule has 0 radical (unpaired) electrons. The molecular formula is C29H42N8O3Si. The molecule has 5 rings (SSSR count). The Kier molecular flexibility index (Phi) is 9.49. The van der Waals surface area contributed by atoms with Crippen molar-refractivity contribution in [2.75, 3.05) is 38.2 Å². The molecule has 2 unspecified atom stereocenters. The predicted molar refractivity (Wildman–Crippen MR) is 160 cm³/mol. The molecule has 0 spiro atoms. The van der Waals surface area contributed by atoms with Gasteiger partial charge >= 0.3 is 0 Å². The summed E-state index contributed by atoms with van der Waals surface area (Å²) in [5, 5.41) is 21.9. The van der Waals surface area contributed by atoms with Crippen molar-refractivity contribution in [1.82, 2.24) is 29.6 Å². The van der Waals surface area contributed by atoms with Crippen molar-refractivity contribution in [3.8, 4) is 17.3 Å². The van der Waals surface area contributed by atoms with Crippen LogP contribution < -0.4 is 10.6 Å². The third-order valence-corrected chi connectivity index (χ3v) is 9.78. The fourth-order valence-corrected chi connectivity index (χ4v) is 6.45. The van der Waals surface area contributed by atoms with Gasteiger partial charge in [0.25, 0.3) is 0 Å². The zero-order valence-corrected chi connectivity index (χ0v) is 25.4. The van der Waals surface area contributed by atoms with E-state index in [4.69, 9.17) is 14.6 Å². The molecule has 1 saturated carbocycles. The van der Waals surface area contributed by atoms with Crippen LogP contribution in [0.5, 0.6) is 0 Å². The summed E-state index contributed by atoms with van der Waals surface area (Å²) in [5.74, 6) is 0.942. The van der Waals surface area contributed by atoms with E-state index in [-0.39, 0.29) is 18.4 Å². The summed E-state index contributed by atoms with van der Waals surface area (Å²) in [7, 11) is -1.17. The minimum absolute atomic E-state index is 0.0277. The Morgan fingerprint density at radius 3 is 2.88 bits per heavy atom. The van der Waals surface area contributed by atoms with Crippen LogP contribution in [0.2, 0.25) is 25.7 Å². The van der Waals surface area contributed by atoms with E-state index in [1.54, 1.807) is 6.33 Å². The van der Waals surface area contributed by atoms with Crippen molar-refractivity contribution in [1.29, 1.82) is 5.26 Å². The van der Waals surface area contributed by atoms with Crippen LogP contribution in [0.15, 0.2) is 24.8 Å². The number of fused-ring (bicyclic) bond motifs is 1. The predicted octanol–water partition coefficient (Wildman–Crippen LogP) is 4.22. The molecule has 0 amide bonds. The molecule has 220 valence electrons. The van der Waals surface area contributed by atoms with Crippen molar-refractivity contribution in [3.63, 3.8) is 0 Å². The van der Waals surface area contributed by atoms with Crippen LogP contribution in [0.1, 0.15) is 38.1 Å². The topological polar surface area (TPSA) is 132 Å². The van der Waals surface area contributed by atoms with Crippen LogP contribution in [0.25, 0.3) is 22.3 Å². The largest absolute Gasteiger partial charge is 0.368 e. The molecule has 0 bridgehead atoms. The van der Waals surface area contributed by atoms with Gasteiger partial charge in [0.2, 0.25) is 0 Å². The lowest BCUT2D eigenvalue weighted by Crippen LogP contribution is -2.45. The number of hydrogen-bond donors (Lipinski definition) is 2. The number of rotatable bonds is 13. The molecule has 11 nitrogen and oxygen atoms in total. The summed E-state index contributed by atoms with van der Waals surface area (Å²) in [6.45, 7) is 10.0. The molecule has 12 heteroatoms. The first-order valence-corrected chi connectivity index (χ1v) is 18.5. The smallest absolute Gasteiger partial charge is 0.181 e. The highest BCUT2D eigenvalue weighted by Crippen LogP contribution is 2.38. The average molecular weight is 579 g/mol. The monoisotopic (exact) mass is 578 g/mol. The highest BCUT2D eigenvalue weighted by Gasteiger charge is 2.29. The summed E-state index contributed by atoms with van der Waals surface area (Å²) in [4.78, 5) is 22.2. The molecular weight excluding hydrogens is 536 g/mol. The molecule has 3 aromatic heterocycles. The van der Waals surface area contributed by atoms with Crippen LogP contribution >= 0.6 is 0 Å². The van der Waals surface area contributed by atoms with Crippen molar-refractivity contribution >= 4 is 30.7 Å². The number of hydrogen-bond acceptors (Lipinski definition) is 9. The summed E-state index contributed by atoms with van der Waals surface area (Å²) >= 11 is 0. The number of anilines is 1. The number of ketones is 1. The standard InChI is InChI=1S/C29H42N8O3Si/c1-41(2,3)15-14-39-20-36-12-9-22-27(33-19-34-29(22)36)23-18-37(24(8-10-30)21-6-4-5-7-21)35-28(23)32-16-25(38)26-17-31-11-13-40-26/h9,12,18-19,21,24,26,31H,4-8,11,13-17,20H2,1-3H3,(H,32,35). The maximum Gasteiger partial charge on any atom is 0.181 e. The molecule has 2 fully saturated rings. The minimum atomic E-state index is -1.17. The molecule has 41 heavy (non-hydrogen) atoms. The van der Waals surface area contributed by atoms with Gasteiger partial charge in [-0.15, -0.1) is 0 Å². The highest BCUT2D eigenvalue weighted by molar-refractivity contribution is 6.76. The Balaban J connectivity index is 1.44. The van der Waals surface area contributed by atoms with Gasteiger partial charge in [-0.25, -0.2) is 9.97 Å². The number of ether oxygens (including phenoxy) is 2. The molecule has 0 aromatic carbocycles. The second-order valence-electron chi connectivity index (χ2n) is 12.3. The fourth-order valence-electron chi connectivity index (χ4n) is 5.70. The molecule has 3 aromatic rings. The first-order chi connectivity index (χ1) is 19.8. The van der Waals surface area contributed by atoms with E-state index in [9.17, 15) is 10.1 Å². The summed E-state index contributed by atoms with van der Waals surface area (Å²) in [6.07, 6.45) is 9.96. The molecule has 1 aliphatic heterocycles. The lowest BCUT2D eigenvalue weighted by Gasteiger charge is -2.22. The van der Waals surface area contributed by atoms with E-state index in [1.807, 2.05) is 27.7 Å². The SMILES string of the molecule is C[Si](C)(C)CCOCn1ccc2c(-c3cn(C(CC#N)C4CCCC4)nc3NCC(=O)C3CNCCO3)ncnc21. The second-order valence-corrected chi connectivity index (χ2v) is 17.9. The maximum absolute atomic E-state index is 12.9. The van der Waals surface area contributed by atoms with E-state index in [2.05, 4.69) is 46.3 Å². The van der Waals surface area contributed by atoms with Crippen LogP contribution in [-0.4, -0.2) is 77.1 Å². The third kappa shape index (κ3) is 7.21. The van der Waals surface area contributed by atoms with Crippen molar-refractivity contribution in [2.45, 2.75) is 76.7 Å². The lowest BCUT2D eigenvalue weighted by atomic mass is 9.96. The van der Waals surface area contributed by atoms with Gasteiger partial charge in [0, 0.05) is 45.6 Å². The Bertz CT molecular complexity index is 1360. The Morgan fingerprint density at radius 1 is 1.32 bits per heavy atom. The minimum Gasteiger partial charge on any atom is -0.368 e. The van der Waals surface area contributed by atoms with E-state index in [1.165, 1.54) is 12.8 Å². The molecule has 2 atom stereocenters. The van der Waals surface area contributed by atoms with Gasteiger partial charge in [0.1, 0.15) is 24.8 Å². The number of nitriles is 1. The highest BCUT2D eigenvalue weighted by atomic mass is 28.3. The van der Waals surface area contributed by atoms with Crippen molar-refractivity contribution in [3.05, 3.63) is 24.8 Å². The van der Waals surface area contributed by atoms with Crippen molar-refractivity contribution < 1.29 is 14.3 Å². The van der Waals surface area contributed by atoms with Gasteiger partial charge in [-0.1, -0.05) is 32.5 Å². The average Bonchev–Trinajstić information content (AvgIpc) is 3.73. The van der Waals surface area contributed by atoms with Gasteiger partial charge in [-0.2, -0.15) is 10.4 Å². The van der Waals surface area contributed by atoms with Gasteiger partial charge in [0.05, 0.1) is 42.9 Å². The van der Waals surface area contributed by atoms with Crippen LogP contribution in [0, 0.1) is 17.2 Å². The normalized spacial score (nSPS) is 18.9. The van der Waals surface area contributed by atoms with Crippen molar-refractivity contribution in [2.24, 2.45) is 5.92 Å². The molecule has 1 aliphatic carbocycles. The fraction of sp³-hybridized carbons (Fsp3) is 0.621. The van der Waals surface area contributed by atoms with Gasteiger partial charge < -0.3 is 24.7 Å². The number of nitrogens with one attached hydrogen (secondary N) is 2. The zero-order valence-electron chi connectivity index (χ0n) is 24.4. The number of morpholine rings is 1. The Morgan fingerprint density at radius 2 is 2.15 bits per heavy atom. The first-order valence-electron chi connectivity index (χ1n) is 14.8. The van der Waals surface area contributed by atoms with Crippen LogP contribution in [0.4, 0.5) is 5.82 Å². The van der Waals surface area contributed by atoms with Gasteiger partial charge in [0.15, 0.2) is 11.6 Å². The number of carbonyl (C=O) groups is 1. The molecule has 1 saturated heterocycles. The number of Topliss-reactive ketones (excluding diaryl/α,β-unsaturated/α-hetero) is 1. The number of nitrogens with zero attached hydrogens (tertiary/aromatic N) is 6. The van der Waals surface area contributed by atoms with Gasteiger partial charge in [-0.05, 0) is 30.9 Å². The van der Waals surface area contributed by atoms with E-state index in [0.29, 0.717) is 38.0 Å². The first kappa shape index (κ1) is 29.4. The quantitative estimate of drug-likeness (QED) is 0.226. The van der Waals surface area contributed by atoms with Crippen LogP contribution in [-0.2, 0) is 21.0 Å². The lowest BCUT2D eigenvalue weighted by molar-refractivity contribution is -0.130. The van der Waals surface area contributed by atoms with E-state index >= 15 is 0 Å². The Hall–Kier alpha value is -3.11. The van der Waals surface area contributed by atoms with Crippen LogP contribution in [0.3, 0.4) is 0 Å². The summed E-state index contributed by atoms with van der Waals surface area (Å²) < 4.78 is 15.6. The summed E-state index contributed by atoms with van der Waals surface area (Å²) in [6, 6.07) is 5.45. The number of aromatic nitrogens is 5. The maximum atomic E-state index is 12.9. The molecule has 2 aliphatic rings. The summed E-state index contributed by atoms with van der Waals surface area (Å²) in [5.41, 5.74) is 2.30. The van der Waals surface area contributed by atoms with E-state index in [0.717, 1.165) is 54.3 Å². The second kappa shape index (κ2) is 13.2.